The Bertz CT molecular complexity index is 301. The number of benzene rings is 1. The lowest BCUT2D eigenvalue weighted by atomic mass is 10.0. The van der Waals surface area contributed by atoms with Gasteiger partial charge in [0.25, 0.3) is 0 Å². The Morgan fingerprint density at radius 3 is 3.17 bits per heavy atom. The SMILES string of the molecule is NCC1CSc2ccc(F)cc21. The molecule has 1 heterocycles. The third-order valence-electron chi connectivity index (χ3n) is 2.14. The van der Waals surface area contributed by atoms with Crippen molar-refractivity contribution in [1.82, 2.24) is 0 Å². The Balaban J connectivity index is 2.42. The van der Waals surface area contributed by atoms with Gasteiger partial charge < -0.3 is 5.73 Å². The van der Waals surface area contributed by atoms with Crippen molar-refractivity contribution in [2.24, 2.45) is 5.73 Å². The highest BCUT2D eigenvalue weighted by Crippen LogP contribution is 2.38. The minimum Gasteiger partial charge on any atom is -0.330 e. The molecule has 1 unspecified atom stereocenters. The number of halogens is 1. The Labute approximate surface area is 75.1 Å². The molecule has 0 radical (unpaired) electrons. The first kappa shape index (κ1) is 8.08. The lowest BCUT2D eigenvalue weighted by Gasteiger charge is -2.05. The zero-order valence-corrected chi connectivity index (χ0v) is 7.40. The first-order chi connectivity index (χ1) is 5.81. The highest BCUT2D eigenvalue weighted by atomic mass is 32.2. The van der Waals surface area contributed by atoms with Gasteiger partial charge in [-0.25, -0.2) is 4.39 Å². The van der Waals surface area contributed by atoms with Crippen molar-refractivity contribution < 1.29 is 4.39 Å². The van der Waals surface area contributed by atoms with Crippen molar-refractivity contribution in [3.63, 3.8) is 0 Å². The van der Waals surface area contributed by atoms with Crippen LogP contribution in [-0.2, 0) is 0 Å². The maximum Gasteiger partial charge on any atom is 0.123 e. The van der Waals surface area contributed by atoms with Gasteiger partial charge in [0.2, 0.25) is 0 Å². The molecule has 0 spiro atoms. The van der Waals surface area contributed by atoms with E-state index in [-0.39, 0.29) is 5.82 Å². The van der Waals surface area contributed by atoms with Crippen molar-refractivity contribution >= 4 is 11.8 Å². The third kappa shape index (κ3) is 1.23. The molecule has 0 fully saturated rings. The van der Waals surface area contributed by atoms with Crippen LogP contribution in [0.5, 0.6) is 0 Å². The van der Waals surface area contributed by atoms with Gasteiger partial charge in [0, 0.05) is 23.1 Å². The van der Waals surface area contributed by atoms with Gasteiger partial charge in [-0.2, -0.15) is 0 Å². The van der Waals surface area contributed by atoms with Gasteiger partial charge in [-0.15, -0.1) is 11.8 Å². The second-order valence-corrected chi connectivity index (χ2v) is 3.99. The Morgan fingerprint density at radius 1 is 1.58 bits per heavy atom. The fourth-order valence-electron chi connectivity index (χ4n) is 1.44. The van der Waals surface area contributed by atoms with E-state index in [0.717, 1.165) is 11.3 Å². The summed E-state index contributed by atoms with van der Waals surface area (Å²) in [6.07, 6.45) is 0. The van der Waals surface area contributed by atoms with Crippen LogP contribution in [0.3, 0.4) is 0 Å². The van der Waals surface area contributed by atoms with E-state index in [2.05, 4.69) is 0 Å². The monoisotopic (exact) mass is 183 g/mol. The summed E-state index contributed by atoms with van der Waals surface area (Å²) in [6.45, 7) is 0.615. The van der Waals surface area contributed by atoms with Gasteiger partial charge in [0.15, 0.2) is 0 Å². The predicted molar refractivity (Wildman–Crippen MR) is 48.9 cm³/mol. The van der Waals surface area contributed by atoms with E-state index in [9.17, 15) is 4.39 Å². The number of fused-ring (bicyclic) bond motifs is 1. The molecule has 1 aromatic rings. The van der Waals surface area contributed by atoms with Gasteiger partial charge in [0.05, 0.1) is 0 Å². The summed E-state index contributed by atoms with van der Waals surface area (Å²) in [6, 6.07) is 4.95. The zero-order chi connectivity index (χ0) is 8.55. The zero-order valence-electron chi connectivity index (χ0n) is 6.59. The van der Waals surface area contributed by atoms with Crippen LogP contribution in [0.4, 0.5) is 4.39 Å². The summed E-state index contributed by atoms with van der Waals surface area (Å²) in [5.74, 6) is 1.19. The normalized spacial score (nSPS) is 21.0. The summed E-state index contributed by atoms with van der Waals surface area (Å²) in [4.78, 5) is 1.19. The summed E-state index contributed by atoms with van der Waals surface area (Å²) >= 11 is 1.76. The molecule has 1 aliphatic heterocycles. The summed E-state index contributed by atoms with van der Waals surface area (Å²) in [5, 5.41) is 0. The number of hydrogen-bond acceptors (Lipinski definition) is 2. The molecule has 1 atom stereocenters. The summed E-state index contributed by atoms with van der Waals surface area (Å²) < 4.78 is 12.8. The molecule has 2 rings (SSSR count). The molecule has 0 saturated carbocycles. The molecule has 3 heteroatoms. The maximum absolute atomic E-state index is 12.8. The van der Waals surface area contributed by atoms with E-state index in [1.54, 1.807) is 17.8 Å². The molecule has 64 valence electrons. The molecular weight excluding hydrogens is 173 g/mol. The first-order valence-corrected chi connectivity index (χ1v) is 4.92. The highest BCUT2D eigenvalue weighted by Gasteiger charge is 2.21. The van der Waals surface area contributed by atoms with Crippen molar-refractivity contribution in [2.45, 2.75) is 10.8 Å². The van der Waals surface area contributed by atoms with E-state index in [1.165, 1.54) is 11.0 Å². The number of thioether (sulfide) groups is 1. The van der Waals surface area contributed by atoms with Gasteiger partial charge in [-0.05, 0) is 23.8 Å². The molecule has 0 aliphatic carbocycles. The van der Waals surface area contributed by atoms with Crippen molar-refractivity contribution in [1.29, 1.82) is 0 Å². The van der Waals surface area contributed by atoms with E-state index in [4.69, 9.17) is 5.73 Å². The number of nitrogens with two attached hydrogens (primary N) is 1. The summed E-state index contributed by atoms with van der Waals surface area (Å²) in [7, 11) is 0. The van der Waals surface area contributed by atoms with Gasteiger partial charge >= 0.3 is 0 Å². The van der Waals surface area contributed by atoms with Crippen LogP contribution in [0.2, 0.25) is 0 Å². The molecule has 1 aliphatic rings. The molecule has 0 amide bonds. The minimum absolute atomic E-state index is 0.158. The predicted octanol–water partition coefficient (Wildman–Crippen LogP) is 1.97. The molecule has 2 N–H and O–H groups in total. The lowest BCUT2D eigenvalue weighted by Crippen LogP contribution is -2.11. The first-order valence-electron chi connectivity index (χ1n) is 3.93. The van der Waals surface area contributed by atoms with Crippen molar-refractivity contribution in [3.8, 4) is 0 Å². The largest absolute Gasteiger partial charge is 0.330 e. The highest BCUT2D eigenvalue weighted by molar-refractivity contribution is 7.99. The number of hydrogen-bond donors (Lipinski definition) is 1. The van der Waals surface area contributed by atoms with Crippen LogP contribution in [0.15, 0.2) is 23.1 Å². The van der Waals surface area contributed by atoms with E-state index < -0.39 is 0 Å². The second kappa shape index (κ2) is 3.07. The van der Waals surface area contributed by atoms with Crippen LogP contribution in [0.25, 0.3) is 0 Å². The third-order valence-corrected chi connectivity index (χ3v) is 3.39. The molecule has 0 saturated heterocycles. The standard InChI is InChI=1S/C9H10FNS/c10-7-1-2-9-8(3-7)6(4-11)5-12-9/h1-3,6H,4-5,11H2. The Kier molecular flexibility index (Phi) is 2.07. The van der Waals surface area contributed by atoms with E-state index in [0.29, 0.717) is 12.5 Å². The van der Waals surface area contributed by atoms with Gasteiger partial charge in [-0.1, -0.05) is 0 Å². The minimum atomic E-state index is -0.158. The molecule has 0 aromatic heterocycles. The van der Waals surface area contributed by atoms with Crippen LogP contribution < -0.4 is 5.73 Å². The van der Waals surface area contributed by atoms with E-state index in [1.807, 2.05) is 6.07 Å². The molecular formula is C9H10FNS. The van der Waals surface area contributed by atoms with Gasteiger partial charge in [0.1, 0.15) is 5.82 Å². The second-order valence-electron chi connectivity index (χ2n) is 2.93. The van der Waals surface area contributed by atoms with Crippen molar-refractivity contribution in [2.75, 3.05) is 12.3 Å². The maximum atomic E-state index is 12.8. The Hall–Kier alpha value is -0.540. The van der Waals surface area contributed by atoms with E-state index >= 15 is 0 Å². The van der Waals surface area contributed by atoms with Crippen LogP contribution in [0.1, 0.15) is 11.5 Å². The summed E-state index contributed by atoms with van der Waals surface area (Å²) in [5.41, 5.74) is 6.65. The fourth-order valence-corrected chi connectivity index (χ4v) is 2.70. The van der Waals surface area contributed by atoms with Crippen LogP contribution >= 0.6 is 11.8 Å². The molecule has 0 bridgehead atoms. The Morgan fingerprint density at radius 2 is 2.42 bits per heavy atom. The average Bonchev–Trinajstić information content (AvgIpc) is 2.46. The molecule has 1 aromatic carbocycles. The van der Waals surface area contributed by atoms with Gasteiger partial charge in [-0.3, -0.25) is 0 Å². The average molecular weight is 183 g/mol. The fraction of sp³-hybridized carbons (Fsp3) is 0.333. The molecule has 1 nitrogen and oxygen atoms in total. The van der Waals surface area contributed by atoms with Crippen LogP contribution in [0, 0.1) is 5.82 Å². The lowest BCUT2D eigenvalue weighted by molar-refractivity contribution is 0.620. The molecule has 12 heavy (non-hydrogen) atoms. The van der Waals surface area contributed by atoms with Crippen LogP contribution in [-0.4, -0.2) is 12.3 Å². The van der Waals surface area contributed by atoms with Crippen molar-refractivity contribution in [3.05, 3.63) is 29.6 Å². The quantitative estimate of drug-likeness (QED) is 0.720. The number of rotatable bonds is 1. The topological polar surface area (TPSA) is 26.0 Å². The smallest absolute Gasteiger partial charge is 0.123 e.